The van der Waals surface area contributed by atoms with E-state index in [1.165, 1.54) is 25.5 Å². The Morgan fingerprint density at radius 1 is 1.56 bits per heavy atom. The third-order valence-electron chi connectivity index (χ3n) is 3.78. The van der Waals surface area contributed by atoms with Crippen molar-refractivity contribution >= 4 is 5.97 Å². The summed E-state index contributed by atoms with van der Waals surface area (Å²) in [7, 11) is 0. The van der Waals surface area contributed by atoms with Crippen molar-refractivity contribution in [2.75, 3.05) is 6.54 Å². The minimum atomic E-state index is -0.919. The Morgan fingerprint density at radius 3 is 3.00 bits per heavy atom. The molecule has 2 heterocycles. The maximum Gasteiger partial charge on any atom is 0.338 e. The fourth-order valence-corrected chi connectivity index (χ4v) is 3.00. The zero-order valence-corrected chi connectivity index (χ0v) is 9.06. The first-order valence-electron chi connectivity index (χ1n) is 5.77. The lowest BCUT2D eigenvalue weighted by molar-refractivity contribution is 0.0696. The summed E-state index contributed by atoms with van der Waals surface area (Å²) in [5, 5.41) is 8.79. The van der Waals surface area contributed by atoms with Crippen molar-refractivity contribution in [3.05, 3.63) is 23.7 Å². The van der Waals surface area contributed by atoms with Gasteiger partial charge < -0.3 is 9.52 Å². The molecule has 2 fully saturated rings. The van der Waals surface area contributed by atoms with Gasteiger partial charge in [-0.3, -0.25) is 4.90 Å². The van der Waals surface area contributed by atoms with Crippen molar-refractivity contribution in [3.63, 3.8) is 0 Å². The Labute approximate surface area is 93.8 Å². The lowest BCUT2D eigenvalue weighted by atomic mass is 10.1. The Hall–Kier alpha value is -1.29. The predicted molar refractivity (Wildman–Crippen MR) is 57.2 cm³/mol. The van der Waals surface area contributed by atoms with Crippen molar-refractivity contribution in [3.8, 4) is 0 Å². The minimum Gasteiger partial charge on any atom is -0.478 e. The number of hydrogen-bond acceptors (Lipinski definition) is 3. The maximum absolute atomic E-state index is 10.7. The summed E-state index contributed by atoms with van der Waals surface area (Å²) in [6.45, 7) is 1.90. The molecule has 2 unspecified atom stereocenters. The Balaban J connectivity index is 1.68. The van der Waals surface area contributed by atoms with E-state index in [9.17, 15) is 4.79 Å². The number of piperidine rings is 1. The van der Waals surface area contributed by atoms with Crippen LogP contribution in [0.15, 0.2) is 16.7 Å². The van der Waals surface area contributed by atoms with E-state index in [4.69, 9.17) is 9.52 Å². The predicted octanol–water partition coefficient (Wildman–Crippen LogP) is 1.96. The average molecular weight is 221 g/mol. The highest BCUT2D eigenvalue weighted by Crippen LogP contribution is 2.38. The number of carboxylic acids is 1. The van der Waals surface area contributed by atoms with Gasteiger partial charge in [-0.05, 0) is 31.2 Å². The molecule has 0 radical (unpaired) electrons. The smallest absolute Gasteiger partial charge is 0.338 e. The number of aromatic carboxylic acids is 1. The molecule has 86 valence electrons. The number of nitrogens with zero attached hydrogens (tertiary/aromatic N) is 1. The zero-order valence-electron chi connectivity index (χ0n) is 9.06. The third kappa shape index (κ3) is 1.63. The number of fused-ring (bicyclic) bond motifs is 2. The Morgan fingerprint density at radius 2 is 2.44 bits per heavy atom. The molecule has 1 saturated heterocycles. The van der Waals surface area contributed by atoms with Gasteiger partial charge in [-0.2, -0.15) is 0 Å². The van der Waals surface area contributed by atoms with Crippen LogP contribution in [0.1, 0.15) is 35.4 Å². The van der Waals surface area contributed by atoms with Crippen LogP contribution in [0.4, 0.5) is 0 Å². The summed E-state index contributed by atoms with van der Waals surface area (Å²) in [6, 6.07) is 2.33. The molecule has 4 heteroatoms. The second-order valence-electron chi connectivity index (χ2n) is 4.87. The van der Waals surface area contributed by atoms with Gasteiger partial charge in [0.05, 0.1) is 12.1 Å². The number of furan rings is 1. The van der Waals surface area contributed by atoms with Gasteiger partial charge in [-0.25, -0.2) is 4.79 Å². The Bertz CT molecular complexity index is 412. The first-order valence-corrected chi connectivity index (χ1v) is 5.77. The van der Waals surface area contributed by atoms with Crippen molar-refractivity contribution in [1.29, 1.82) is 0 Å². The van der Waals surface area contributed by atoms with Crippen LogP contribution in [0.3, 0.4) is 0 Å². The highest BCUT2D eigenvalue weighted by atomic mass is 16.4. The Kier molecular flexibility index (Phi) is 2.24. The topological polar surface area (TPSA) is 53.7 Å². The molecule has 2 atom stereocenters. The van der Waals surface area contributed by atoms with Gasteiger partial charge >= 0.3 is 5.97 Å². The molecule has 1 aromatic heterocycles. The van der Waals surface area contributed by atoms with E-state index in [1.807, 2.05) is 0 Å². The molecule has 1 aliphatic heterocycles. The number of carbonyl (C=O) groups is 1. The molecule has 2 aliphatic rings. The summed E-state index contributed by atoms with van der Waals surface area (Å²) < 4.78 is 5.27. The van der Waals surface area contributed by atoms with E-state index in [0.717, 1.165) is 24.8 Å². The summed E-state index contributed by atoms with van der Waals surface area (Å²) >= 11 is 0. The van der Waals surface area contributed by atoms with E-state index in [0.29, 0.717) is 6.04 Å². The van der Waals surface area contributed by atoms with Crippen LogP contribution in [0, 0.1) is 5.92 Å². The molecule has 2 bridgehead atoms. The molecular weight excluding hydrogens is 206 g/mol. The van der Waals surface area contributed by atoms with E-state index in [-0.39, 0.29) is 5.56 Å². The molecule has 4 nitrogen and oxygen atoms in total. The van der Waals surface area contributed by atoms with Crippen LogP contribution in [0.25, 0.3) is 0 Å². The molecule has 1 aromatic rings. The first-order chi connectivity index (χ1) is 7.72. The van der Waals surface area contributed by atoms with Crippen LogP contribution < -0.4 is 0 Å². The fraction of sp³-hybridized carbons (Fsp3) is 0.583. The first kappa shape index (κ1) is 9.90. The van der Waals surface area contributed by atoms with E-state index in [2.05, 4.69) is 4.90 Å². The van der Waals surface area contributed by atoms with E-state index >= 15 is 0 Å². The van der Waals surface area contributed by atoms with Crippen LogP contribution >= 0.6 is 0 Å². The summed E-state index contributed by atoms with van der Waals surface area (Å²) in [6.07, 6.45) is 5.29. The molecule has 1 N–H and O–H groups in total. The van der Waals surface area contributed by atoms with E-state index < -0.39 is 5.97 Å². The van der Waals surface area contributed by atoms with Gasteiger partial charge in [-0.15, -0.1) is 0 Å². The van der Waals surface area contributed by atoms with Crippen molar-refractivity contribution in [1.82, 2.24) is 4.90 Å². The van der Waals surface area contributed by atoms with Crippen LogP contribution in [-0.4, -0.2) is 28.6 Å². The number of carboxylic acid groups (broad SMARTS) is 1. The summed E-state index contributed by atoms with van der Waals surface area (Å²) in [5.41, 5.74) is 0.249. The maximum atomic E-state index is 10.7. The number of rotatable bonds is 3. The van der Waals surface area contributed by atoms with Gasteiger partial charge in [-0.1, -0.05) is 0 Å². The van der Waals surface area contributed by atoms with Gasteiger partial charge in [0.2, 0.25) is 0 Å². The van der Waals surface area contributed by atoms with Crippen LogP contribution in [-0.2, 0) is 6.54 Å². The second kappa shape index (κ2) is 3.63. The molecule has 16 heavy (non-hydrogen) atoms. The second-order valence-corrected chi connectivity index (χ2v) is 4.87. The highest BCUT2D eigenvalue weighted by Gasteiger charge is 2.37. The standard InChI is InChI=1S/C12H15NO3/c14-12(15)9-4-11(16-7-9)6-13-5-8-1-2-10(13)3-8/h4,7-8,10H,1-3,5-6H2,(H,14,15). The quantitative estimate of drug-likeness (QED) is 0.847. The van der Waals surface area contributed by atoms with Crippen molar-refractivity contribution in [2.45, 2.75) is 31.8 Å². The number of hydrogen-bond donors (Lipinski definition) is 1. The largest absolute Gasteiger partial charge is 0.478 e. The summed E-state index contributed by atoms with van der Waals surface area (Å²) in [5.74, 6) is 0.710. The van der Waals surface area contributed by atoms with Crippen molar-refractivity contribution < 1.29 is 14.3 Å². The third-order valence-corrected chi connectivity index (χ3v) is 3.78. The van der Waals surface area contributed by atoms with Crippen LogP contribution in [0.2, 0.25) is 0 Å². The van der Waals surface area contributed by atoms with Crippen molar-refractivity contribution in [2.24, 2.45) is 5.92 Å². The SMILES string of the molecule is O=C(O)c1coc(CN2CC3CCC2C3)c1. The zero-order chi connectivity index (χ0) is 11.1. The summed E-state index contributed by atoms with van der Waals surface area (Å²) in [4.78, 5) is 13.1. The normalized spacial score (nSPS) is 28.8. The highest BCUT2D eigenvalue weighted by molar-refractivity contribution is 5.87. The lowest BCUT2D eigenvalue weighted by Gasteiger charge is -2.25. The molecule has 0 spiro atoms. The molecule has 1 aliphatic carbocycles. The molecular formula is C12H15NO3. The minimum absolute atomic E-state index is 0.249. The van der Waals surface area contributed by atoms with Crippen LogP contribution in [0.5, 0.6) is 0 Å². The van der Waals surface area contributed by atoms with Gasteiger partial charge in [0.25, 0.3) is 0 Å². The van der Waals surface area contributed by atoms with E-state index in [1.54, 1.807) is 6.07 Å². The lowest BCUT2D eigenvalue weighted by Crippen LogP contribution is -2.31. The average Bonchev–Trinajstić information content (AvgIpc) is 2.91. The van der Waals surface area contributed by atoms with Gasteiger partial charge in [0.1, 0.15) is 12.0 Å². The van der Waals surface area contributed by atoms with Gasteiger partial charge in [0, 0.05) is 12.6 Å². The van der Waals surface area contributed by atoms with Gasteiger partial charge in [0.15, 0.2) is 0 Å². The molecule has 0 aromatic carbocycles. The number of likely N-dealkylation sites (tertiary alicyclic amines) is 1. The monoisotopic (exact) mass is 221 g/mol. The molecule has 1 saturated carbocycles. The molecule has 3 rings (SSSR count). The fourth-order valence-electron chi connectivity index (χ4n) is 3.00. The molecule has 0 amide bonds.